The average molecular weight is 320 g/mol. The van der Waals surface area contributed by atoms with Crippen LogP contribution in [0, 0.1) is 19.8 Å². The summed E-state index contributed by atoms with van der Waals surface area (Å²) in [5, 5.41) is 12.4. The van der Waals surface area contributed by atoms with Crippen LogP contribution in [-0.4, -0.2) is 22.4 Å². The number of carbonyl (C=O) groups excluding carboxylic acids is 1. The molecule has 0 aromatic carbocycles. The number of thiophene rings is 1. The van der Waals surface area contributed by atoms with E-state index >= 15 is 0 Å². The van der Waals surface area contributed by atoms with E-state index in [4.69, 9.17) is 0 Å². The highest BCUT2D eigenvalue weighted by Gasteiger charge is 2.12. The summed E-state index contributed by atoms with van der Waals surface area (Å²) in [6.07, 6.45) is 0. The summed E-state index contributed by atoms with van der Waals surface area (Å²) >= 11 is 1.65. The minimum absolute atomic E-state index is 0.0336. The first-order valence-corrected chi connectivity index (χ1v) is 8.42. The third kappa shape index (κ3) is 4.59. The molecule has 2 amide bonds. The fraction of sp³-hybridized carbons (Fsp3) is 0.500. The van der Waals surface area contributed by atoms with Crippen LogP contribution in [0.25, 0.3) is 0 Å². The summed E-state index contributed by atoms with van der Waals surface area (Å²) in [5.41, 5.74) is 2.18. The fourth-order valence-electron chi connectivity index (χ4n) is 2.34. The van der Waals surface area contributed by atoms with Crippen molar-refractivity contribution in [3.8, 4) is 0 Å². The van der Waals surface area contributed by atoms with E-state index in [1.54, 1.807) is 11.3 Å². The van der Waals surface area contributed by atoms with Gasteiger partial charge in [0.25, 0.3) is 0 Å². The van der Waals surface area contributed by atoms with Crippen molar-refractivity contribution in [1.82, 2.24) is 20.4 Å². The maximum absolute atomic E-state index is 11.9. The average Bonchev–Trinajstić information content (AvgIpc) is 3.07. The van der Waals surface area contributed by atoms with Crippen LogP contribution in [0.4, 0.5) is 4.79 Å². The first kappa shape index (κ1) is 16.5. The molecule has 22 heavy (non-hydrogen) atoms. The molecule has 2 heterocycles. The topological polar surface area (TPSA) is 59.0 Å². The van der Waals surface area contributed by atoms with Crippen LogP contribution >= 0.6 is 11.3 Å². The molecule has 0 unspecified atom stereocenters. The van der Waals surface area contributed by atoms with E-state index in [0.717, 1.165) is 22.8 Å². The van der Waals surface area contributed by atoms with Gasteiger partial charge in [0.15, 0.2) is 0 Å². The zero-order valence-corrected chi connectivity index (χ0v) is 14.4. The van der Waals surface area contributed by atoms with Crippen LogP contribution in [0.3, 0.4) is 0 Å². The second kappa shape index (κ2) is 7.45. The normalized spacial score (nSPS) is 13.6. The lowest BCUT2D eigenvalue weighted by Gasteiger charge is -2.16. The monoisotopic (exact) mass is 320 g/mol. The molecular weight excluding hydrogens is 296 g/mol. The molecule has 0 saturated carbocycles. The molecule has 5 nitrogen and oxygen atoms in total. The molecule has 0 aliphatic rings. The van der Waals surface area contributed by atoms with Crippen molar-refractivity contribution in [1.29, 1.82) is 0 Å². The molecule has 0 spiro atoms. The molecule has 2 aromatic rings. The zero-order chi connectivity index (χ0) is 16.1. The lowest BCUT2D eigenvalue weighted by Crippen LogP contribution is -2.39. The van der Waals surface area contributed by atoms with E-state index in [0.29, 0.717) is 12.5 Å². The molecule has 0 bridgehead atoms. The Morgan fingerprint density at radius 2 is 2.18 bits per heavy atom. The maximum atomic E-state index is 11.9. The molecule has 0 saturated heterocycles. The second-order valence-electron chi connectivity index (χ2n) is 5.81. The van der Waals surface area contributed by atoms with Crippen molar-refractivity contribution >= 4 is 17.4 Å². The second-order valence-corrected chi connectivity index (χ2v) is 6.79. The van der Waals surface area contributed by atoms with Gasteiger partial charge in [0.2, 0.25) is 0 Å². The largest absolute Gasteiger partial charge is 0.338 e. The number of rotatable bonds is 6. The standard InChI is InChI=1S/C16H24N4OS/c1-11(10-20-13(3)8-12(2)19-20)9-17-16(21)18-14(4)15-6-5-7-22-15/h5-8,11,14H,9-10H2,1-4H3,(H2,17,18,21)/t11-,14+/m0/s1. The van der Waals surface area contributed by atoms with E-state index in [-0.39, 0.29) is 12.1 Å². The van der Waals surface area contributed by atoms with Crippen LogP contribution < -0.4 is 10.6 Å². The minimum Gasteiger partial charge on any atom is -0.338 e. The summed E-state index contributed by atoms with van der Waals surface area (Å²) in [4.78, 5) is 13.1. The summed E-state index contributed by atoms with van der Waals surface area (Å²) < 4.78 is 1.99. The van der Waals surface area contributed by atoms with E-state index < -0.39 is 0 Å². The van der Waals surface area contributed by atoms with Gasteiger partial charge >= 0.3 is 6.03 Å². The zero-order valence-electron chi connectivity index (χ0n) is 13.6. The Balaban J connectivity index is 1.75. The predicted molar refractivity (Wildman–Crippen MR) is 90.1 cm³/mol. The number of nitrogens with zero attached hydrogens (tertiary/aromatic N) is 2. The van der Waals surface area contributed by atoms with Crippen molar-refractivity contribution in [3.63, 3.8) is 0 Å². The highest BCUT2D eigenvalue weighted by Crippen LogP contribution is 2.17. The first-order valence-electron chi connectivity index (χ1n) is 7.54. The van der Waals surface area contributed by atoms with Gasteiger partial charge in [-0.2, -0.15) is 5.10 Å². The Morgan fingerprint density at radius 1 is 1.41 bits per heavy atom. The van der Waals surface area contributed by atoms with Crippen molar-refractivity contribution < 1.29 is 4.79 Å². The molecule has 0 radical (unpaired) electrons. The summed E-state index contributed by atoms with van der Waals surface area (Å²) in [6.45, 7) is 9.58. The highest BCUT2D eigenvalue weighted by molar-refractivity contribution is 7.10. The van der Waals surface area contributed by atoms with E-state index in [2.05, 4.69) is 35.6 Å². The van der Waals surface area contributed by atoms with Gasteiger partial charge in [-0.3, -0.25) is 4.68 Å². The Kier molecular flexibility index (Phi) is 5.60. The smallest absolute Gasteiger partial charge is 0.315 e. The molecule has 0 aliphatic carbocycles. The number of hydrogen-bond donors (Lipinski definition) is 2. The van der Waals surface area contributed by atoms with Crippen LogP contribution in [0.1, 0.15) is 36.2 Å². The number of hydrogen-bond acceptors (Lipinski definition) is 3. The lowest BCUT2D eigenvalue weighted by molar-refractivity contribution is 0.235. The van der Waals surface area contributed by atoms with Gasteiger partial charge in [0.05, 0.1) is 11.7 Å². The molecule has 0 aliphatic heterocycles. The van der Waals surface area contributed by atoms with Gasteiger partial charge in [-0.05, 0) is 44.2 Å². The van der Waals surface area contributed by atoms with Gasteiger partial charge in [-0.15, -0.1) is 11.3 Å². The Bertz CT molecular complexity index is 606. The Morgan fingerprint density at radius 3 is 2.77 bits per heavy atom. The van der Waals surface area contributed by atoms with Crippen molar-refractivity contribution in [2.24, 2.45) is 5.92 Å². The van der Waals surface area contributed by atoms with E-state index in [9.17, 15) is 4.79 Å². The van der Waals surface area contributed by atoms with Gasteiger partial charge in [-0.25, -0.2) is 4.79 Å². The molecule has 0 fully saturated rings. The number of amides is 2. The van der Waals surface area contributed by atoms with Crippen molar-refractivity contribution in [3.05, 3.63) is 39.8 Å². The predicted octanol–water partition coefficient (Wildman–Crippen LogP) is 3.26. The van der Waals surface area contributed by atoms with Crippen LogP contribution in [0.15, 0.2) is 23.6 Å². The summed E-state index contributed by atoms with van der Waals surface area (Å²) in [6, 6.07) is 6.00. The van der Waals surface area contributed by atoms with Crippen molar-refractivity contribution in [2.45, 2.75) is 40.3 Å². The number of carbonyl (C=O) groups is 1. The van der Waals surface area contributed by atoms with E-state index in [1.165, 1.54) is 0 Å². The number of aromatic nitrogens is 2. The van der Waals surface area contributed by atoms with E-state index in [1.807, 2.05) is 36.0 Å². The molecule has 2 N–H and O–H groups in total. The number of aryl methyl sites for hydroxylation is 2. The molecule has 2 aromatic heterocycles. The van der Waals surface area contributed by atoms with Crippen LogP contribution in [0.5, 0.6) is 0 Å². The van der Waals surface area contributed by atoms with Gasteiger partial charge in [0.1, 0.15) is 0 Å². The number of urea groups is 1. The molecular formula is C16H24N4OS. The van der Waals surface area contributed by atoms with Crippen LogP contribution in [-0.2, 0) is 6.54 Å². The fourth-order valence-corrected chi connectivity index (χ4v) is 3.08. The molecule has 2 atom stereocenters. The maximum Gasteiger partial charge on any atom is 0.315 e. The quantitative estimate of drug-likeness (QED) is 0.858. The third-order valence-electron chi connectivity index (χ3n) is 3.52. The Hall–Kier alpha value is -1.82. The lowest BCUT2D eigenvalue weighted by atomic mass is 10.2. The van der Waals surface area contributed by atoms with Gasteiger partial charge in [-0.1, -0.05) is 13.0 Å². The summed E-state index contributed by atoms with van der Waals surface area (Å²) in [7, 11) is 0. The molecule has 6 heteroatoms. The van der Waals surface area contributed by atoms with Crippen molar-refractivity contribution in [2.75, 3.05) is 6.54 Å². The minimum atomic E-state index is -0.124. The van der Waals surface area contributed by atoms with Gasteiger partial charge < -0.3 is 10.6 Å². The van der Waals surface area contributed by atoms with Gasteiger partial charge in [0, 0.05) is 23.7 Å². The number of nitrogens with one attached hydrogen (secondary N) is 2. The third-order valence-corrected chi connectivity index (χ3v) is 4.57. The highest BCUT2D eigenvalue weighted by atomic mass is 32.1. The first-order chi connectivity index (χ1) is 10.5. The SMILES string of the molecule is Cc1cc(C)n(C[C@@H](C)CNC(=O)N[C@H](C)c2cccs2)n1. The molecule has 2 rings (SSSR count). The Labute approximate surface area is 135 Å². The van der Waals surface area contributed by atoms with Crippen LogP contribution in [0.2, 0.25) is 0 Å². The molecule has 120 valence electrons. The summed E-state index contributed by atoms with van der Waals surface area (Å²) in [5.74, 6) is 0.320.